The summed E-state index contributed by atoms with van der Waals surface area (Å²) in [6.07, 6.45) is 0. The minimum Gasteiger partial charge on any atom is -0.497 e. The molecule has 0 amide bonds. The molecular formula is C14H16N2O. The SMILES string of the molecule is COc1ccc(N)c(NCc2ccccc2)c1. The first-order chi connectivity index (χ1) is 8.29. The van der Waals surface area contributed by atoms with Gasteiger partial charge in [0.1, 0.15) is 5.75 Å². The van der Waals surface area contributed by atoms with Crippen LogP contribution in [0.4, 0.5) is 11.4 Å². The first-order valence-electron chi connectivity index (χ1n) is 5.51. The van der Waals surface area contributed by atoms with Crippen molar-refractivity contribution in [2.24, 2.45) is 0 Å². The minimum absolute atomic E-state index is 0.724. The number of benzene rings is 2. The lowest BCUT2D eigenvalue weighted by molar-refractivity contribution is 0.415. The Morgan fingerprint density at radius 3 is 2.59 bits per heavy atom. The number of methoxy groups -OCH3 is 1. The van der Waals surface area contributed by atoms with Crippen molar-refractivity contribution in [2.45, 2.75) is 6.54 Å². The number of nitrogens with one attached hydrogen (secondary N) is 1. The number of ether oxygens (including phenoxy) is 1. The zero-order valence-corrected chi connectivity index (χ0v) is 9.81. The van der Waals surface area contributed by atoms with Crippen LogP contribution in [0.25, 0.3) is 0 Å². The van der Waals surface area contributed by atoms with Gasteiger partial charge in [-0.25, -0.2) is 0 Å². The maximum atomic E-state index is 5.89. The second-order valence-electron chi connectivity index (χ2n) is 3.79. The lowest BCUT2D eigenvalue weighted by atomic mass is 10.2. The van der Waals surface area contributed by atoms with Crippen molar-refractivity contribution in [1.29, 1.82) is 0 Å². The van der Waals surface area contributed by atoms with Crippen LogP contribution in [-0.4, -0.2) is 7.11 Å². The Morgan fingerprint density at radius 2 is 1.88 bits per heavy atom. The van der Waals surface area contributed by atoms with E-state index in [0.29, 0.717) is 0 Å². The van der Waals surface area contributed by atoms with Crippen molar-refractivity contribution in [2.75, 3.05) is 18.2 Å². The summed E-state index contributed by atoms with van der Waals surface area (Å²) in [4.78, 5) is 0. The van der Waals surface area contributed by atoms with Crippen LogP contribution in [-0.2, 0) is 6.54 Å². The van der Waals surface area contributed by atoms with Gasteiger partial charge in [0.2, 0.25) is 0 Å². The smallest absolute Gasteiger partial charge is 0.121 e. The predicted octanol–water partition coefficient (Wildman–Crippen LogP) is 2.89. The van der Waals surface area contributed by atoms with Crippen LogP contribution >= 0.6 is 0 Å². The molecule has 2 rings (SSSR count). The van der Waals surface area contributed by atoms with Gasteiger partial charge in [-0.15, -0.1) is 0 Å². The number of nitrogens with two attached hydrogens (primary N) is 1. The average molecular weight is 228 g/mol. The number of rotatable bonds is 4. The molecule has 2 aromatic rings. The van der Waals surface area contributed by atoms with E-state index >= 15 is 0 Å². The van der Waals surface area contributed by atoms with Crippen LogP contribution in [0.15, 0.2) is 48.5 Å². The molecule has 0 saturated carbocycles. The summed E-state index contributed by atoms with van der Waals surface area (Å²) in [6, 6.07) is 15.8. The molecule has 0 heterocycles. The van der Waals surface area contributed by atoms with Crippen molar-refractivity contribution < 1.29 is 4.74 Å². The summed E-state index contributed by atoms with van der Waals surface area (Å²) in [5.74, 6) is 0.801. The van der Waals surface area contributed by atoms with E-state index in [4.69, 9.17) is 10.5 Å². The molecule has 0 saturated heterocycles. The van der Waals surface area contributed by atoms with Crippen LogP contribution in [0.1, 0.15) is 5.56 Å². The molecule has 0 bridgehead atoms. The fourth-order valence-corrected chi connectivity index (χ4v) is 1.61. The van der Waals surface area contributed by atoms with Crippen LogP contribution in [0.5, 0.6) is 5.75 Å². The van der Waals surface area contributed by atoms with E-state index in [2.05, 4.69) is 17.4 Å². The van der Waals surface area contributed by atoms with Crippen molar-refractivity contribution in [3.8, 4) is 5.75 Å². The van der Waals surface area contributed by atoms with E-state index in [1.165, 1.54) is 5.56 Å². The Balaban J connectivity index is 2.08. The topological polar surface area (TPSA) is 47.3 Å². The van der Waals surface area contributed by atoms with Gasteiger partial charge >= 0.3 is 0 Å². The zero-order chi connectivity index (χ0) is 12.1. The molecule has 0 atom stereocenters. The molecule has 0 aliphatic heterocycles. The molecule has 3 nitrogen and oxygen atoms in total. The second-order valence-corrected chi connectivity index (χ2v) is 3.79. The molecule has 0 fully saturated rings. The van der Waals surface area contributed by atoms with Crippen LogP contribution in [0.2, 0.25) is 0 Å². The summed E-state index contributed by atoms with van der Waals surface area (Å²) in [7, 11) is 1.65. The van der Waals surface area contributed by atoms with E-state index in [1.807, 2.05) is 36.4 Å². The fraction of sp³-hybridized carbons (Fsp3) is 0.143. The third-order valence-electron chi connectivity index (χ3n) is 2.59. The van der Waals surface area contributed by atoms with E-state index < -0.39 is 0 Å². The maximum absolute atomic E-state index is 5.89. The quantitative estimate of drug-likeness (QED) is 0.791. The van der Waals surface area contributed by atoms with E-state index in [0.717, 1.165) is 23.7 Å². The first-order valence-corrected chi connectivity index (χ1v) is 5.51. The summed E-state index contributed by atoms with van der Waals surface area (Å²) >= 11 is 0. The largest absolute Gasteiger partial charge is 0.497 e. The minimum atomic E-state index is 0.724. The number of hydrogen-bond donors (Lipinski definition) is 2. The maximum Gasteiger partial charge on any atom is 0.121 e. The van der Waals surface area contributed by atoms with Crippen molar-refractivity contribution in [1.82, 2.24) is 0 Å². The lowest BCUT2D eigenvalue weighted by Gasteiger charge is -2.10. The third kappa shape index (κ3) is 2.91. The second kappa shape index (κ2) is 5.25. The molecule has 0 unspecified atom stereocenters. The molecule has 17 heavy (non-hydrogen) atoms. The predicted molar refractivity (Wildman–Crippen MR) is 71.2 cm³/mol. The monoisotopic (exact) mass is 228 g/mol. The normalized spacial score (nSPS) is 9.94. The van der Waals surface area contributed by atoms with Gasteiger partial charge in [-0.2, -0.15) is 0 Å². The van der Waals surface area contributed by atoms with Gasteiger partial charge in [-0.05, 0) is 17.7 Å². The van der Waals surface area contributed by atoms with E-state index in [9.17, 15) is 0 Å². The highest BCUT2D eigenvalue weighted by atomic mass is 16.5. The number of hydrogen-bond acceptors (Lipinski definition) is 3. The van der Waals surface area contributed by atoms with Gasteiger partial charge < -0.3 is 15.8 Å². The number of anilines is 2. The third-order valence-corrected chi connectivity index (χ3v) is 2.59. The highest BCUT2D eigenvalue weighted by Gasteiger charge is 2.01. The molecule has 2 aromatic carbocycles. The average Bonchev–Trinajstić information content (AvgIpc) is 2.39. The molecule has 0 radical (unpaired) electrons. The summed E-state index contributed by atoms with van der Waals surface area (Å²) in [5, 5.41) is 3.30. The Hall–Kier alpha value is -2.16. The summed E-state index contributed by atoms with van der Waals surface area (Å²) in [5.41, 5.74) is 8.73. The van der Waals surface area contributed by atoms with Gasteiger partial charge in [0, 0.05) is 12.6 Å². The van der Waals surface area contributed by atoms with Crippen LogP contribution in [0.3, 0.4) is 0 Å². The van der Waals surface area contributed by atoms with Gasteiger partial charge in [0.05, 0.1) is 18.5 Å². The lowest BCUT2D eigenvalue weighted by Crippen LogP contribution is -2.02. The molecular weight excluding hydrogens is 212 g/mol. The van der Waals surface area contributed by atoms with E-state index in [-0.39, 0.29) is 0 Å². The van der Waals surface area contributed by atoms with Gasteiger partial charge in [0.25, 0.3) is 0 Å². The summed E-state index contributed by atoms with van der Waals surface area (Å²) in [6.45, 7) is 0.748. The molecule has 3 N–H and O–H groups in total. The van der Waals surface area contributed by atoms with E-state index in [1.54, 1.807) is 7.11 Å². The van der Waals surface area contributed by atoms with Gasteiger partial charge in [-0.3, -0.25) is 0 Å². The molecule has 0 spiro atoms. The Kier molecular flexibility index (Phi) is 3.50. The fourth-order valence-electron chi connectivity index (χ4n) is 1.61. The molecule has 88 valence electrons. The van der Waals surface area contributed by atoms with Crippen LogP contribution in [0, 0.1) is 0 Å². The Bertz CT molecular complexity index is 483. The Morgan fingerprint density at radius 1 is 1.12 bits per heavy atom. The number of nitrogen functional groups attached to an aromatic ring is 1. The molecule has 0 aromatic heterocycles. The van der Waals surface area contributed by atoms with Crippen LogP contribution < -0.4 is 15.8 Å². The zero-order valence-electron chi connectivity index (χ0n) is 9.81. The van der Waals surface area contributed by atoms with Crippen molar-refractivity contribution in [3.63, 3.8) is 0 Å². The van der Waals surface area contributed by atoms with Crippen molar-refractivity contribution >= 4 is 11.4 Å². The van der Waals surface area contributed by atoms with Crippen molar-refractivity contribution in [3.05, 3.63) is 54.1 Å². The van der Waals surface area contributed by atoms with Gasteiger partial charge in [-0.1, -0.05) is 30.3 Å². The van der Waals surface area contributed by atoms with Gasteiger partial charge in [0.15, 0.2) is 0 Å². The highest BCUT2D eigenvalue weighted by Crippen LogP contribution is 2.24. The first kappa shape index (κ1) is 11.3. The molecule has 0 aliphatic rings. The standard InChI is InChI=1S/C14H16N2O/c1-17-12-7-8-13(15)14(9-12)16-10-11-5-3-2-4-6-11/h2-9,16H,10,15H2,1H3. The Labute approximate surface area is 101 Å². The molecule has 0 aliphatic carbocycles. The highest BCUT2D eigenvalue weighted by molar-refractivity contribution is 5.68. The molecule has 3 heteroatoms. The summed E-state index contributed by atoms with van der Waals surface area (Å²) < 4.78 is 5.17.